The van der Waals surface area contributed by atoms with Gasteiger partial charge < -0.3 is 29.5 Å². The van der Waals surface area contributed by atoms with Gasteiger partial charge in [-0.3, -0.25) is 0 Å². The largest absolute Gasteiger partial charge is 0.394 e. The molecular weight excluding hydrogens is 240 g/mol. The predicted octanol–water partition coefficient (Wildman–Crippen LogP) is -0.204. The molecule has 0 amide bonds. The molecule has 0 bridgehead atoms. The fraction of sp³-hybridized carbons (Fsp3) is 1.00. The van der Waals surface area contributed by atoms with Gasteiger partial charge in [-0.2, -0.15) is 0 Å². The van der Waals surface area contributed by atoms with Crippen LogP contribution in [0, 0.1) is 0 Å². The summed E-state index contributed by atoms with van der Waals surface area (Å²) in [7, 11) is 0. The van der Waals surface area contributed by atoms with Gasteiger partial charge in [-0.15, -0.1) is 0 Å². The molecule has 0 aliphatic carbocycles. The van der Waals surface area contributed by atoms with E-state index >= 15 is 0 Å². The highest BCUT2D eigenvalue weighted by atomic mass is 16.5. The van der Waals surface area contributed by atoms with Gasteiger partial charge in [-0.25, -0.2) is 0 Å². The summed E-state index contributed by atoms with van der Waals surface area (Å²) in [6, 6.07) is 0. The quantitative estimate of drug-likeness (QED) is 0.475. The molecule has 2 atom stereocenters. The Morgan fingerprint density at radius 1 is 1.00 bits per heavy atom. The summed E-state index contributed by atoms with van der Waals surface area (Å²) in [5, 5.41) is 25.4. The van der Waals surface area contributed by atoms with Crippen LogP contribution in [0.1, 0.15) is 20.8 Å². The van der Waals surface area contributed by atoms with Gasteiger partial charge in [0.2, 0.25) is 0 Å². The van der Waals surface area contributed by atoms with Crippen LogP contribution in [0.25, 0.3) is 0 Å². The van der Waals surface area contributed by atoms with Crippen molar-refractivity contribution in [2.75, 3.05) is 46.2 Å². The highest BCUT2D eigenvalue weighted by Crippen LogP contribution is 1.90. The Kier molecular flexibility index (Phi) is 18.7. The zero-order valence-corrected chi connectivity index (χ0v) is 11.7. The Balaban J connectivity index is 0. The van der Waals surface area contributed by atoms with E-state index in [1.807, 2.05) is 6.92 Å². The van der Waals surface area contributed by atoms with Gasteiger partial charge >= 0.3 is 0 Å². The summed E-state index contributed by atoms with van der Waals surface area (Å²) >= 11 is 0. The van der Waals surface area contributed by atoms with Gasteiger partial charge in [0, 0.05) is 6.61 Å². The van der Waals surface area contributed by atoms with E-state index < -0.39 is 6.10 Å². The van der Waals surface area contributed by atoms with E-state index in [4.69, 9.17) is 29.5 Å². The van der Waals surface area contributed by atoms with Crippen molar-refractivity contribution in [3.8, 4) is 0 Å². The van der Waals surface area contributed by atoms with Crippen LogP contribution in [0.15, 0.2) is 0 Å². The molecule has 0 spiro atoms. The Labute approximate surface area is 109 Å². The molecule has 3 N–H and O–H groups in total. The maximum absolute atomic E-state index is 8.69. The fourth-order valence-corrected chi connectivity index (χ4v) is 0.785. The number of hydrogen-bond acceptors (Lipinski definition) is 6. The lowest BCUT2D eigenvalue weighted by atomic mass is 10.4. The molecule has 0 radical (unpaired) electrons. The summed E-state index contributed by atoms with van der Waals surface area (Å²) in [6.45, 7) is 8.06. The molecule has 0 aromatic carbocycles. The first-order valence-corrected chi connectivity index (χ1v) is 6.25. The Morgan fingerprint density at radius 2 is 1.61 bits per heavy atom. The predicted molar refractivity (Wildman–Crippen MR) is 68.6 cm³/mol. The fourth-order valence-electron chi connectivity index (χ4n) is 0.785. The Bertz CT molecular complexity index is 137. The van der Waals surface area contributed by atoms with E-state index in [1.54, 1.807) is 13.8 Å². The summed E-state index contributed by atoms with van der Waals surface area (Å²) in [4.78, 5) is 0. The standard InChI is InChI=1S/2C6H14O3/c1-5(8)4-9-6(2)3-7;1-2-8-5-6-9-4-3-7/h5-8H,3-4H2,1-2H3;7H,2-6H2,1H3. The summed E-state index contributed by atoms with van der Waals surface area (Å²) in [5.41, 5.74) is 0. The van der Waals surface area contributed by atoms with Crippen molar-refractivity contribution in [1.82, 2.24) is 0 Å². The Hall–Kier alpha value is -0.240. The highest BCUT2D eigenvalue weighted by molar-refractivity contribution is 4.47. The van der Waals surface area contributed by atoms with Gasteiger partial charge in [0.25, 0.3) is 0 Å². The maximum Gasteiger partial charge on any atom is 0.0779 e. The van der Waals surface area contributed by atoms with Crippen LogP contribution < -0.4 is 0 Å². The molecule has 0 saturated carbocycles. The molecular formula is C12H28O6. The molecule has 0 rings (SSSR count). The van der Waals surface area contributed by atoms with Crippen LogP contribution in [-0.2, 0) is 14.2 Å². The first kappa shape index (κ1) is 20.1. The third-order valence-corrected chi connectivity index (χ3v) is 1.69. The van der Waals surface area contributed by atoms with Gasteiger partial charge in [-0.05, 0) is 20.8 Å². The molecule has 6 heteroatoms. The minimum Gasteiger partial charge on any atom is -0.394 e. The molecule has 0 heterocycles. The molecule has 2 unspecified atom stereocenters. The minimum atomic E-state index is -0.445. The number of hydrogen-bond donors (Lipinski definition) is 3. The van der Waals surface area contributed by atoms with E-state index in [9.17, 15) is 0 Å². The molecule has 0 saturated heterocycles. The van der Waals surface area contributed by atoms with Crippen molar-refractivity contribution in [2.45, 2.75) is 33.0 Å². The van der Waals surface area contributed by atoms with Crippen LogP contribution in [0.4, 0.5) is 0 Å². The first-order chi connectivity index (χ1) is 8.58. The van der Waals surface area contributed by atoms with Crippen molar-refractivity contribution in [2.24, 2.45) is 0 Å². The first-order valence-electron chi connectivity index (χ1n) is 6.25. The number of ether oxygens (including phenoxy) is 3. The summed E-state index contributed by atoms with van der Waals surface area (Å²) < 4.78 is 14.8. The smallest absolute Gasteiger partial charge is 0.0779 e. The lowest BCUT2D eigenvalue weighted by Crippen LogP contribution is -2.19. The van der Waals surface area contributed by atoms with E-state index in [1.165, 1.54) is 0 Å². The van der Waals surface area contributed by atoms with Gasteiger partial charge in [-0.1, -0.05) is 0 Å². The molecule has 0 aliphatic heterocycles. The molecule has 0 aromatic rings. The van der Waals surface area contributed by atoms with Crippen LogP contribution >= 0.6 is 0 Å². The van der Waals surface area contributed by atoms with E-state index in [-0.39, 0.29) is 19.3 Å². The van der Waals surface area contributed by atoms with Gasteiger partial charge in [0.1, 0.15) is 0 Å². The molecule has 18 heavy (non-hydrogen) atoms. The van der Waals surface area contributed by atoms with E-state index in [0.29, 0.717) is 26.4 Å². The van der Waals surface area contributed by atoms with Crippen LogP contribution in [-0.4, -0.2) is 73.8 Å². The second-order valence-electron chi connectivity index (χ2n) is 3.71. The highest BCUT2D eigenvalue weighted by Gasteiger charge is 2.00. The molecule has 6 nitrogen and oxygen atoms in total. The summed E-state index contributed by atoms with van der Waals surface area (Å²) in [6.07, 6.45) is -0.612. The lowest BCUT2D eigenvalue weighted by Gasteiger charge is -2.10. The molecule has 0 aliphatic rings. The maximum atomic E-state index is 8.69. The van der Waals surface area contributed by atoms with Crippen molar-refractivity contribution >= 4 is 0 Å². The lowest BCUT2D eigenvalue weighted by molar-refractivity contribution is -0.0177. The third kappa shape index (κ3) is 21.1. The SMILES string of the molecule is CC(O)COC(C)CO.CCOCCOCCO. The normalized spacial score (nSPS) is 13.7. The van der Waals surface area contributed by atoms with Crippen LogP contribution in [0.3, 0.4) is 0 Å². The average molecular weight is 268 g/mol. The van der Waals surface area contributed by atoms with Crippen molar-refractivity contribution in [1.29, 1.82) is 0 Å². The second-order valence-corrected chi connectivity index (χ2v) is 3.71. The average Bonchev–Trinajstić information content (AvgIpc) is 2.36. The zero-order valence-electron chi connectivity index (χ0n) is 11.7. The van der Waals surface area contributed by atoms with Crippen molar-refractivity contribution in [3.63, 3.8) is 0 Å². The topological polar surface area (TPSA) is 88.4 Å². The summed E-state index contributed by atoms with van der Waals surface area (Å²) in [5.74, 6) is 0. The van der Waals surface area contributed by atoms with Crippen molar-refractivity contribution in [3.05, 3.63) is 0 Å². The van der Waals surface area contributed by atoms with Gasteiger partial charge in [0.15, 0.2) is 0 Å². The zero-order chi connectivity index (χ0) is 14.2. The molecule has 0 fully saturated rings. The molecule has 112 valence electrons. The third-order valence-electron chi connectivity index (χ3n) is 1.69. The van der Waals surface area contributed by atoms with Crippen LogP contribution in [0.5, 0.6) is 0 Å². The monoisotopic (exact) mass is 268 g/mol. The minimum absolute atomic E-state index is 0.00667. The van der Waals surface area contributed by atoms with E-state index in [0.717, 1.165) is 6.61 Å². The number of rotatable bonds is 10. The second kappa shape index (κ2) is 16.8. The van der Waals surface area contributed by atoms with Gasteiger partial charge in [0.05, 0.1) is 51.8 Å². The van der Waals surface area contributed by atoms with E-state index in [2.05, 4.69) is 0 Å². The van der Waals surface area contributed by atoms with Crippen molar-refractivity contribution < 1.29 is 29.5 Å². The number of aliphatic hydroxyl groups excluding tert-OH is 3. The Morgan fingerprint density at radius 3 is 2.06 bits per heavy atom. The molecule has 0 aromatic heterocycles. The van der Waals surface area contributed by atoms with Crippen LogP contribution in [0.2, 0.25) is 0 Å². The number of aliphatic hydroxyl groups is 3.